The minimum absolute atomic E-state index is 0.0968. The molecule has 4 heteroatoms. The van der Waals surface area contributed by atoms with E-state index in [1.165, 1.54) is 0 Å². The van der Waals surface area contributed by atoms with Crippen molar-refractivity contribution in [3.05, 3.63) is 87.8 Å². The maximum Gasteiger partial charge on any atom is 0.254 e. The zero-order valence-electron chi connectivity index (χ0n) is 18.9. The molecule has 0 saturated carbocycles. The molecule has 0 spiro atoms. The van der Waals surface area contributed by atoms with Crippen LogP contribution in [0.5, 0.6) is 0 Å². The summed E-state index contributed by atoms with van der Waals surface area (Å²) >= 11 is 0. The van der Waals surface area contributed by atoms with Gasteiger partial charge in [-0.3, -0.25) is 9.59 Å². The van der Waals surface area contributed by atoms with Crippen LogP contribution in [0.25, 0.3) is 0 Å². The first kappa shape index (κ1) is 21.1. The summed E-state index contributed by atoms with van der Waals surface area (Å²) in [6.07, 6.45) is 1.28. The minimum Gasteiger partial charge on any atom is -0.362 e. The Morgan fingerprint density at radius 1 is 0.968 bits per heavy atom. The maximum atomic E-state index is 13.6. The van der Waals surface area contributed by atoms with Crippen LogP contribution < -0.4 is 10.6 Å². The molecule has 2 N–H and O–H groups in total. The van der Waals surface area contributed by atoms with Crippen molar-refractivity contribution in [1.29, 1.82) is 0 Å². The summed E-state index contributed by atoms with van der Waals surface area (Å²) in [6.45, 7) is 10.2. The summed E-state index contributed by atoms with van der Waals surface area (Å²) in [6, 6.07) is 15.8. The van der Waals surface area contributed by atoms with E-state index in [1.807, 2.05) is 69.3 Å². The first-order chi connectivity index (χ1) is 14.7. The number of ketones is 1. The SMILES string of the molecule is CC1=C(C(=O)Nc2ccccc2C)C(c2ccccc2C)C2=C(CC(C)(C)CC2=O)N1. The van der Waals surface area contributed by atoms with E-state index in [1.54, 1.807) is 0 Å². The number of dihydropyridines is 1. The molecule has 31 heavy (non-hydrogen) atoms. The first-order valence-electron chi connectivity index (χ1n) is 10.8. The average molecular weight is 415 g/mol. The Balaban J connectivity index is 1.84. The predicted octanol–water partition coefficient (Wildman–Crippen LogP) is 5.55. The lowest BCUT2D eigenvalue weighted by Gasteiger charge is -2.40. The van der Waals surface area contributed by atoms with Crippen LogP contribution in [0.15, 0.2) is 71.1 Å². The van der Waals surface area contributed by atoms with Crippen molar-refractivity contribution in [2.75, 3.05) is 5.32 Å². The van der Waals surface area contributed by atoms with Crippen molar-refractivity contribution in [3.8, 4) is 0 Å². The van der Waals surface area contributed by atoms with Gasteiger partial charge in [0.2, 0.25) is 0 Å². The molecule has 0 bridgehead atoms. The number of carbonyl (C=O) groups excluding carboxylic acids is 2. The topological polar surface area (TPSA) is 58.2 Å². The van der Waals surface area contributed by atoms with Crippen LogP contribution in [-0.4, -0.2) is 11.7 Å². The minimum atomic E-state index is -0.370. The third-order valence-corrected chi connectivity index (χ3v) is 6.38. The quantitative estimate of drug-likeness (QED) is 0.693. The molecule has 1 aliphatic carbocycles. The van der Waals surface area contributed by atoms with Gasteiger partial charge in [0.05, 0.1) is 0 Å². The van der Waals surface area contributed by atoms with E-state index >= 15 is 0 Å². The van der Waals surface area contributed by atoms with Crippen LogP contribution in [-0.2, 0) is 9.59 Å². The molecule has 4 rings (SSSR count). The van der Waals surface area contributed by atoms with Crippen molar-refractivity contribution >= 4 is 17.4 Å². The molecule has 2 aromatic rings. The largest absolute Gasteiger partial charge is 0.362 e. The van der Waals surface area contributed by atoms with Gasteiger partial charge in [-0.2, -0.15) is 0 Å². The number of amides is 1. The fourth-order valence-electron chi connectivity index (χ4n) is 4.86. The molecular weight excluding hydrogens is 384 g/mol. The number of Topliss-reactive ketones (excluding diaryl/α,β-unsaturated/α-hetero) is 1. The van der Waals surface area contributed by atoms with Crippen molar-refractivity contribution in [1.82, 2.24) is 5.32 Å². The van der Waals surface area contributed by atoms with E-state index in [9.17, 15) is 9.59 Å². The van der Waals surface area contributed by atoms with Crippen LogP contribution >= 0.6 is 0 Å². The number of benzene rings is 2. The highest BCUT2D eigenvalue weighted by Crippen LogP contribution is 2.47. The van der Waals surface area contributed by atoms with Crippen LogP contribution in [0.4, 0.5) is 5.69 Å². The summed E-state index contributed by atoms with van der Waals surface area (Å²) in [5.41, 5.74) is 6.90. The second-order valence-corrected chi connectivity index (χ2v) is 9.56. The first-order valence-corrected chi connectivity index (χ1v) is 10.8. The lowest BCUT2D eigenvalue weighted by atomic mass is 9.68. The fourth-order valence-corrected chi connectivity index (χ4v) is 4.86. The molecule has 0 aromatic heterocycles. The molecule has 1 amide bonds. The normalized spacial score (nSPS) is 20.3. The Bertz CT molecular complexity index is 1140. The predicted molar refractivity (Wildman–Crippen MR) is 125 cm³/mol. The molecular formula is C27H30N2O2. The van der Waals surface area contributed by atoms with E-state index in [0.717, 1.165) is 45.8 Å². The van der Waals surface area contributed by atoms with Gasteiger partial charge in [0.1, 0.15) is 0 Å². The number of hydrogen-bond donors (Lipinski definition) is 2. The Morgan fingerprint density at radius 2 is 1.61 bits per heavy atom. The fraction of sp³-hybridized carbons (Fsp3) is 0.333. The van der Waals surface area contributed by atoms with Crippen molar-refractivity contribution in [2.24, 2.45) is 5.41 Å². The van der Waals surface area contributed by atoms with Gasteiger partial charge in [0, 0.05) is 40.6 Å². The van der Waals surface area contributed by atoms with Crippen LogP contribution in [0.1, 0.15) is 56.2 Å². The number of nitrogens with one attached hydrogen (secondary N) is 2. The number of allylic oxidation sites excluding steroid dienone is 3. The Hall–Kier alpha value is -3.14. The number of anilines is 1. The lowest BCUT2D eigenvalue weighted by molar-refractivity contribution is -0.118. The van der Waals surface area contributed by atoms with Gasteiger partial charge < -0.3 is 10.6 Å². The van der Waals surface area contributed by atoms with Gasteiger partial charge in [-0.15, -0.1) is 0 Å². The summed E-state index contributed by atoms with van der Waals surface area (Å²) < 4.78 is 0. The van der Waals surface area contributed by atoms with E-state index in [-0.39, 0.29) is 23.0 Å². The highest BCUT2D eigenvalue weighted by molar-refractivity contribution is 6.10. The second-order valence-electron chi connectivity index (χ2n) is 9.56. The van der Waals surface area contributed by atoms with Gasteiger partial charge in [-0.1, -0.05) is 56.3 Å². The summed E-state index contributed by atoms with van der Waals surface area (Å²) in [7, 11) is 0. The Morgan fingerprint density at radius 3 is 2.29 bits per heavy atom. The van der Waals surface area contributed by atoms with E-state index in [0.29, 0.717) is 12.0 Å². The van der Waals surface area contributed by atoms with Crippen LogP contribution in [0.2, 0.25) is 0 Å². The van der Waals surface area contributed by atoms with Gasteiger partial charge in [-0.25, -0.2) is 0 Å². The van der Waals surface area contributed by atoms with Gasteiger partial charge in [-0.05, 0) is 55.4 Å². The van der Waals surface area contributed by atoms with E-state index in [2.05, 4.69) is 24.5 Å². The molecule has 1 atom stereocenters. The molecule has 0 saturated heterocycles. The summed E-state index contributed by atoms with van der Waals surface area (Å²) in [4.78, 5) is 27.0. The van der Waals surface area contributed by atoms with Gasteiger partial charge in [0.25, 0.3) is 5.91 Å². The third-order valence-electron chi connectivity index (χ3n) is 6.38. The van der Waals surface area contributed by atoms with Crippen molar-refractivity contribution in [3.63, 3.8) is 0 Å². The standard InChI is InChI=1S/C27H30N2O2/c1-16-10-6-8-12-19(16)24-23(26(31)29-20-13-9-7-11-17(20)2)18(3)28-21-14-27(4,5)15-22(30)25(21)24/h6-13,24,28H,14-15H2,1-5H3,(H,29,31). The van der Waals surface area contributed by atoms with Gasteiger partial charge >= 0.3 is 0 Å². The number of para-hydroxylation sites is 1. The van der Waals surface area contributed by atoms with E-state index in [4.69, 9.17) is 0 Å². The molecule has 4 nitrogen and oxygen atoms in total. The zero-order valence-corrected chi connectivity index (χ0v) is 18.9. The van der Waals surface area contributed by atoms with E-state index < -0.39 is 0 Å². The summed E-state index contributed by atoms with van der Waals surface area (Å²) in [5.74, 6) is -0.414. The molecule has 0 fully saturated rings. The number of carbonyl (C=O) groups is 2. The third kappa shape index (κ3) is 3.95. The smallest absolute Gasteiger partial charge is 0.254 e. The van der Waals surface area contributed by atoms with Crippen molar-refractivity contribution in [2.45, 2.75) is 53.4 Å². The molecule has 0 radical (unpaired) electrons. The second kappa shape index (κ2) is 7.84. The highest BCUT2D eigenvalue weighted by Gasteiger charge is 2.43. The summed E-state index contributed by atoms with van der Waals surface area (Å²) in [5, 5.41) is 6.52. The Labute approximate surface area is 184 Å². The molecule has 160 valence electrons. The molecule has 2 aliphatic rings. The maximum absolute atomic E-state index is 13.6. The van der Waals surface area contributed by atoms with Crippen LogP contribution in [0, 0.1) is 19.3 Å². The number of aryl methyl sites for hydroxylation is 2. The van der Waals surface area contributed by atoms with Gasteiger partial charge in [0.15, 0.2) is 5.78 Å². The number of rotatable bonds is 3. The highest BCUT2D eigenvalue weighted by atomic mass is 16.2. The Kier molecular flexibility index (Phi) is 5.34. The molecule has 1 aliphatic heterocycles. The van der Waals surface area contributed by atoms with Crippen molar-refractivity contribution < 1.29 is 9.59 Å². The molecule has 1 heterocycles. The average Bonchev–Trinajstić information content (AvgIpc) is 2.68. The molecule has 1 unspecified atom stereocenters. The lowest BCUT2D eigenvalue weighted by Crippen LogP contribution is -2.39. The molecule has 2 aromatic carbocycles. The van der Waals surface area contributed by atoms with Crippen LogP contribution in [0.3, 0.4) is 0 Å². The number of hydrogen-bond acceptors (Lipinski definition) is 3. The monoisotopic (exact) mass is 414 g/mol. The zero-order chi connectivity index (χ0) is 22.3.